The van der Waals surface area contributed by atoms with Crippen LogP contribution in [0.4, 0.5) is 17.2 Å². The number of benzene rings is 2. The number of hydrogen-bond acceptors (Lipinski definition) is 5. The molecule has 1 amide bonds. The molecule has 6 heteroatoms. The van der Waals surface area contributed by atoms with E-state index in [1.165, 1.54) is 0 Å². The van der Waals surface area contributed by atoms with E-state index in [-0.39, 0.29) is 12.3 Å². The van der Waals surface area contributed by atoms with Gasteiger partial charge in [-0.3, -0.25) is 4.79 Å². The number of carbonyl (C=O) groups excluding carboxylic acids is 1. The van der Waals surface area contributed by atoms with Crippen molar-refractivity contribution in [2.45, 2.75) is 13.3 Å². The molecule has 0 fully saturated rings. The number of aryl methyl sites for hydroxylation is 1. The van der Waals surface area contributed by atoms with Crippen molar-refractivity contribution in [3.8, 4) is 11.5 Å². The maximum atomic E-state index is 12.2. The molecule has 1 aromatic heterocycles. The van der Waals surface area contributed by atoms with Crippen molar-refractivity contribution in [1.82, 2.24) is 4.98 Å². The molecule has 0 radical (unpaired) electrons. The molecular formula is C22H23N3O3. The Hall–Kier alpha value is -3.54. The van der Waals surface area contributed by atoms with Crippen molar-refractivity contribution < 1.29 is 14.3 Å². The predicted molar refractivity (Wildman–Crippen MR) is 111 cm³/mol. The second-order valence-electron chi connectivity index (χ2n) is 6.33. The standard InChI is InChI=1S/C22H23N3O3/c1-15-4-10-20(28-3)19(12-15)24-17-7-11-21(23-14-17)25-22(26)13-16-5-8-18(27-2)9-6-16/h4-12,14,24H,13H2,1-3H3,(H,23,25,26). The lowest BCUT2D eigenvalue weighted by Crippen LogP contribution is -2.15. The average Bonchev–Trinajstić information content (AvgIpc) is 2.70. The summed E-state index contributed by atoms with van der Waals surface area (Å²) in [7, 11) is 3.25. The van der Waals surface area contributed by atoms with Crippen molar-refractivity contribution in [2.24, 2.45) is 0 Å². The van der Waals surface area contributed by atoms with Gasteiger partial charge in [-0.15, -0.1) is 0 Å². The van der Waals surface area contributed by atoms with Gasteiger partial charge in [-0.2, -0.15) is 0 Å². The number of nitrogens with one attached hydrogen (secondary N) is 2. The summed E-state index contributed by atoms with van der Waals surface area (Å²) in [4.78, 5) is 16.5. The van der Waals surface area contributed by atoms with Gasteiger partial charge < -0.3 is 20.1 Å². The molecule has 0 spiro atoms. The van der Waals surface area contributed by atoms with Gasteiger partial charge in [0.25, 0.3) is 0 Å². The molecule has 28 heavy (non-hydrogen) atoms. The minimum absolute atomic E-state index is 0.126. The molecule has 0 aliphatic carbocycles. The van der Waals surface area contributed by atoms with Crippen molar-refractivity contribution in [3.05, 3.63) is 71.9 Å². The summed E-state index contributed by atoms with van der Waals surface area (Å²) >= 11 is 0. The van der Waals surface area contributed by atoms with Crippen LogP contribution in [0.5, 0.6) is 11.5 Å². The van der Waals surface area contributed by atoms with Gasteiger partial charge in [0, 0.05) is 0 Å². The van der Waals surface area contributed by atoms with E-state index >= 15 is 0 Å². The third-order valence-electron chi connectivity index (χ3n) is 4.19. The Morgan fingerprint density at radius 1 is 1.00 bits per heavy atom. The Kier molecular flexibility index (Phi) is 6.11. The lowest BCUT2D eigenvalue weighted by Gasteiger charge is -2.12. The van der Waals surface area contributed by atoms with Crippen LogP contribution < -0.4 is 20.1 Å². The number of pyridine rings is 1. The normalized spacial score (nSPS) is 10.2. The maximum absolute atomic E-state index is 12.2. The fraction of sp³-hybridized carbons (Fsp3) is 0.182. The van der Waals surface area contributed by atoms with Crippen LogP contribution in [-0.4, -0.2) is 25.1 Å². The van der Waals surface area contributed by atoms with Gasteiger partial charge in [-0.25, -0.2) is 4.98 Å². The van der Waals surface area contributed by atoms with E-state index in [2.05, 4.69) is 15.6 Å². The largest absolute Gasteiger partial charge is 0.497 e. The summed E-state index contributed by atoms with van der Waals surface area (Å²) in [6.45, 7) is 2.02. The van der Waals surface area contributed by atoms with Crippen LogP contribution in [0.25, 0.3) is 0 Å². The Labute approximate surface area is 164 Å². The van der Waals surface area contributed by atoms with E-state index in [0.29, 0.717) is 5.82 Å². The van der Waals surface area contributed by atoms with Gasteiger partial charge in [-0.05, 0) is 54.4 Å². The summed E-state index contributed by atoms with van der Waals surface area (Å²) in [6.07, 6.45) is 1.94. The second-order valence-corrected chi connectivity index (χ2v) is 6.33. The van der Waals surface area contributed by atoms with Crippen LogP contribution in [-0.2, 0) is 11.2 Å². The molecule has 0 saturated carbocycles. The van der Waals surface area contributed by atoms with Gasteiger partial charge in [0.05, 0.1) is 38.2 Å². The number of amides is 1. The molecule has 0 saturated heterocycles. The first-order chi connectivity index (χ1) is 13.6. The van der Waals surface area contributed by atoms with E-state index in [1.807, 2.05) is 55.5 Å². The number of anilines is 3. The highest BCUT2D eigenvalue weighted by atomic mass is 16.5. The zero-order chi connectivity index (χ0) is 19.9. The van der Waals surface area contributed by atoms with Crippen LogP contribution in [0.15, 0.2) is 60.8 Å². The number of carbonyl (C=O) groups is 1. The third-order valence-corrected chi connectivity index (χ3v) is 4.19. The molecule has 3 rings (SSSR count). The molecule has 144 valence electrons. The number of hydrogen-bond donors (Lipinski definition) is 2. The first-order valence-corrected chi connectivity index (χ1v) is 8.88. The minimum atomic E-state index is -0.126. The summed E-state index contributed by atoms with van der Waals surface area (Å²) in [5.74, 6) is 1.89. The number of ether oxygens (including phenoxy) is 2. The third kappa shape index (κ3) is 5.01. The number of aromatic nitrogens is 1. The molecule has 0 atom stereocenters. The van der Waals surface area contributed by atoms with Gasteiger partial charge in [0.2, 0.25) is 5.91 Å². The van der Waals surface area contributed by atoms with Crippen LogP contribution >= 0.6 is 0 Å². The fourth-order valence-corrected chi connectivity index (χ4v) is 2.73. The molecule has 3 aromatic rings. The predicted octanol–water partition coefficient (Wildman–Crippen LogP) is 4.33. The molecule has 2 N–H and O–H groups in total. The van der Waals surface area contributed by atoms with E-state index in [1.54, 1.807) is 26.5 Å². The highest BCUT2D eigenvalue weighted by molar-refractivity contribution is 5.91. The van der Waals surface area contributed by atoms with Gasteiger partial charge in [-0.1, -0.05) is 18.2 Å². The number of methoxy groups -OCH3 is 2. The lowest BCUT2D eigenvalue weighted by atomic mass is 10.1. The molecule has 0 bridgehead atoms. The Morgan fingerprint density at radius 3 is 2.43 bits per heavy atom. The highest BCUT2D eigenvalue weighted by Gasteiger charge is 2.07. The Balaban J connectivity index is 1.61. The smallest absolute Gasteiger partial charge is 0.229 e. The van der Waals surface area contributed by atoms with Crippen molar-refractivity contribution in [2.75, 3.05) is 24.9 Å². The molecule has 2 aromatic carbocycles. The SMILES string of the molecule is COc1ccc(CC(=O)Nc2ccc(Nc3cc(C)ccc3OC)cn2)cc1. The highest BCUT2D eigenvalue weighted by Crippen LogP contribution is 2.28. The van der Waals surface area contributed by atoms with Crippen molar-refractivity contribution >= 4 is 23.1 Å². The molecule has 0 unspecified atom stereocenters. The van der Waals surface area contributed by atoms with Crippen LogP contribution in [0.2, 0.25) is 0 Å². The average molecular weight is 377 g/mol. The van der Waals surface area contributed by atoms with E-state index < -0.39 is 0 Å². The molecule has 1 heterocycles. The molecule has 0 aliphatic rings. The second kappa shape index (κ2) is 8.90. The Morgan fingerprint density at radius 2 is 1.79 bits per heavy atom. The van der Waals surface area contributed by atoms with Gasteiger partial charge >= 0.3 is 0 Å². The monoisotopic (exact) mass is 377 g/mol. The van der Waals surface area contributed by atoms with E-state index in [9.17, 15) is 4.79 Å². The lowest BCUT2D eigenvalue weighted by molar-refractivity contribution is -0.115. The van der Waals surface area contributed by atoms with E-state index in [0.717, 1.165) is 34.0 Å². The number of rotatable bonds is 7. The van der Waals surface area contributed by atoms with E-state index in [4.69, 9.17) is 9.47 Å². The van der Waals surface area contributed by atoms with Crippen molar-refractivity contribution in [1.29, 1.82) is 0 Å². The first-order valence-electron chi connectivity index (χ1n) is 8.88. The summed E-state index contributed by atoms with van der Waals surface area (Å²) in [6, 6.07) is 16.9. The number of nitrogens with zero attached hydrogens (tertiary/aromatic N) is 1. The zero-order valence-electron chi connectivity index (χ0n) is 16.2. The summed E-state index contributed by atoms with van der Waals surface area (Å²) < 4.78 is 10.5. The molecule has 6 nitrogen and oxygen atoms in total. The summed E-state index contributed by atoms with van der Waals surface area (Å²) in [5, 5.41) is 6.09. The van der Waals surface area contributed by atoms with Crippen LogP contribution in [0.3, 0.4) is 0 Å². The van der Waals surface area contributed by atoms with Gasteiger partial charge in [0.1, 0.15) is 17.3 Å². The summed E-state index contributed by atoms with van der Waals surface area (Å²) in [5.41, 5.74) is 3.69. The van der Waals surface area contributed by atoms with Gasteiger partial charge in [0.15, 0.2) is 0 Å². The van der Waals surface area contributed by atoms with Crippen molar-refractivity contribution in [3.63, 3.8) is 0 Å². The first kappa shape index (κ1) is 19.2. The maximum Gasteiger partial charge on any atom is 0.229 e. The van der Waals surface area contributed by atoms with Crippen LogP contribution in [0, 0.1) is 6.92 Å². The topological polar surface area (TPSA) is 72.5 Å². The molecule has 0 aliphatic heterocycles. The van der Waals surface area contributed by atoms with Crippen LogP contribution in [0.1, 0.15) is 11.1 Å². The molecular weight excluding hydrogens is 354 g/mol. The minimum Gasteiger partial charge on any atom is -0.497 e. The fourth-order valence-electron chi connectivity index (χ4n) is 2.73. The quantitative estimate of drug-likeness (QED) is 0.641. The zero-order valence-corrected chi connectivity index (χ0v) is 16.2. The Bertz CT molecular complexity index is 938.